The third kappa shape index (κ3) is 2.77. The summed E-state index contributed by atoms with van der Waals surface area (Å²) in [4.78, 5) is 49.8. The molecular formula is C17H19N5O4. The molecule has 1 saturated heterocycles. The molecule has 0 bridgehead atoms. The van der Waals surface area contributed by atoms with Gasteiger partial charge in [-0.1, -0.05) is 18.2 Å². The summed E-state index contributed by atoms with van der Waals surface area (Å²) in [5.41, 5.74) is 0.913. The van der Waals surface area contributed by atoms with E-state index in [9.17, 15) is 19.2 Å². The number of urea groups is 1. The zero-order valence-electron chi connectivity index (χ0n) is 14.6. The van der Waals surface area contributed by atoms with Crippen LogP contribution >= 0.6 is 0 Å². The highest BCUT2D eigenvalue weighted by Gasteiger charge is 2.37. The molecule has 9 heteroatoms. The number of rotatable bonds is 3. The molecule has 136 valence electrons. The SMILES string of the molecule is Cc1c(NC(=O)C2CNC(=O)N(C)C2=O)c(=O)n(-c2ccccc2)n1C. The van der Waals surface area contributed by atoms with Crippen LogP contribution in [-0.2, 0) is 16.6 Å². The number of hydrogen-bond acceptors (Lipinski definition) is 4. The van der Waals surface area contributed by atoms with E-state index in [1.807, 2.05) is 18.2 Å². The van der Waals surface area contributed by atoms with Crippen LogP contribution in [0.1, 0.15) is 5.69 Å². The summed E-state index contributed by atoms with van der Waals surface area (Å²) < 4.78 is 3.06. The molecule has 1 aliphatic heterocycles. The number of amides is 4. The van der Waals surface area contributed by atoms with Gasteiger partial charge >= 0.3 is 6.03 Å². The average molecular weight is 357 g/mol. The van der Waals surface area contributed by atoms with Gasteiger partial charge in [-0.15, -0.1) is 0 Å². The third-order valence-electron chi connectivity index (χ3n) is 4.51. The van der Waals surface area contributed by atoms with Gasteiger partial charge in [0.25, 0.3) is 5.56 Å². The smallest absolute Gasteiger partial charge is 0.323 e. The number of nitrogens with one attached hydrogen (secondary N) is 2. The summed E-state index contributed by atoms with van der Waals surface area (Å²) in [7, 11) is 3.01. The van der Waals surface area contributed by atoms with E-state index in [0.717, 1.165) is 4.90 Å². The van der Waals surface area contributed by atoms with Crippen LogP contribution in [0.25, 0.3) is 5.69 Å². The molecule has 1 fully saturated rings. The molecule has 2 aromatic rings. The lowest BCUT2D eigenvalue weighted by molar-refractivity contribution is -0.138. The predicted octanol–water partition coefficient (Wildman–Crippen LogP) is 0.221. The Labute approximate surface area is 149 Å². The summed E-state index contributed by atoms with van der Waals surface area (Å²) in [6.45, 7) is 1.60. The number of carbonyl (C=O) groups excluding carboxylic acids is 3. The van der Waals surface area contributed by atoms with Crippen LogP contribution in [0.4, 0.5) is 10.5 Å². The molecule has 26 heavy (non-hydrogen) atoms. The number of aromatic nitrogens is 2. The maximum Gasteiger partial charge on any atom is 0.323 e. The van der Waals surface area contributed by atoms with Crippen molar-refractivity contribution in [1.29, 1.82) is 0 Å². The molecule has 3 rings (SSSR count). The van der Waals surface area contributed by atoms with Gasteiger partial charge in [0.15, 0.2) is 0 Å². The molecule has 1 aliphatic rings. The minimum Gasteiger partial charge on any atom is -0.336 e. The first-order valence-electron chi connectivity index (χ1n) is 8.03. The van der Waals surface area contributed by atoms with E-state index in [-0.39, 0.29) is 12.2 Å². The van der Waals surface area contributed by atoms with Crippen molar-refractivity contribution in [2.24, 2.45) is 13.0 Å². The Bertz CT molecular complexity index is 944. The Morgan fingerprint density at radius 2 is 1.81 bits per heavy atom. The lowest BCUT2D eigenvalue weighted by Crippen LogP contribution is -2.56. The lowest BCUT2D eigenvalue weighted by atomic mass is 10.1. The summed E-state index contributed by atoms with van der Waals surface area (Å²) >= 11 is 0. The number of hydrogen-bond donors (Lipinski definition) is 2. The number of anilines is 1. The van der Waals surface area contributed by atoms with Gasteiger partial charge in [0.2, 0.25) is 11.8 Å². The first kappa shape index (κ1) is 17.5. The molecule has 4 amide bonds. The van der Waals surface area contributed by atoms with Crippen LogP contribution in [-0.4, -0.2) is 45.7 Å². The number of benzene rings is 1. The standard InChI is InChI=1S/C17H19N5O4/c1-10-13(16(25)22(21(10)3)11-7-5-4-6-8-11)19-14(23)12-9-18-17(26)20(2)15(12)24/h4-8,12H,9H2,1-3H3,(H,18,26)(H,19,23). The lowest BCUT2D eigenvalue weighted by Gasteiger charge is -2.27. The monoisotopic (exact) mass is 357 g/mol. The van der Waals surface area contributed by atoms with Crippen LogP contribution < -0.4 is 16.2 Å². The minimum absolute atomic E-state index is 0.105. The second-order valence-electron chi connectivity index (χ2n) is 6.06. The maximum atomic E-state index is 12.8. The largest absolute Gasteiger partial charge is 0.336 e. The molecule has 9 nitrogen and oxygen atoms in total. The average Bonchev–Trinajstić information content (AvgIpc) is 2.84. The highest BCUT2D eigenvalue weighted by Crippen LogP contribution is 2.16. The molecule has 1 aromatic heterocycles. The maximum absolute atomic E-state index is 12.8. The second kappa shape index (κ2) is 6.51. The van der Waals surface area contributed by atoms with E-state index < -0.39 is 29.3 Å². The Morgan fingerprint density at radius 1 is 1.15 bits per heavy atom. The molecule has 0 aliphatic carbocycles. The van der Waals surface area contributed by atoms with Crippen molar-refractivity contribution in [3.05, 3.63) is 46.4 Å². The molecule has 1 aromatic carbocycles. The van der Waals surface area contributed by atoms with Crippen LogP contribution in [0, 0.1) is 12.8 Å². The zero-order chi connectivity index (χ0) is 19.0. The first-order chi connectivity index (χ1) is 12.3. The van der Waals surface area contributed by atoms with Crippen molar-refractivity contribution in [3.8, 4) is 5.69 Å². The third-order valence-corrected chi connectivity index (χ3v) is 4.51. The van der Waals surface area contributed by atoms with E-state index in [0.29, 0.717) is 11.4 Å². The van der Waals surface area contributed by atoms with Gasteiger partial charge in [0.05, 0.1) is 11.4 Å². The highest BCUT2D eigenvalue weighted by atomic mass is 16.2. The molecule has 0 saturated carbocycles. The van der Waals surface area contributed by atoms with Gasteiger partial charge in [-0.3, -0.25) is 24.0 Å². The van der Waals surface area contributed by atoms with E-state index in [4.69, 9.17) is 0 Å². The second-order valence-corrected chi connectivity index (χ2v) is 6.06. The first-order valence-corrected chi connectivity index (χ1v) is 8.03. The van der Waals surface area contributed by atoms with Gasteiger partial charge < -0.3 is 10.6 Å². The van der Waals surface area contributed by atoms with Gasteiger partial charge in [-0.25, -0.2) is 9.48 Å². The van der Waals surface area contributed by atoms with E-state index >= 15 is 0 Å². The zero-order valence-corrected chi connectivity index (χ0v) is 14.6. The van der Waals surface area contributed by atoms with Crippen LogP contribution in [0.5, 0.6) is 0 Å². The van der Waals surface area contributed by atoms with Gasteiger partial charge in [-0.05, 0) is 19.1 Å². The highest BCUT2D eigenvalue weighted by molar-refractivity contribution is 6.12. The predicted molar refractivity (Wildman–Crippen MR) is 94.0 cm³/mol. The summed E-state index contributed by atoms with van der Waals surface area (Å²) in [6.07, 6.45) is 0. The Hall–Kier alpha value is -3.36. The van der Waals surface area contributed by atoms with Crippen molar-refractivity contribution in [2.75, 3.05) is 18.9 Å². The molecule has 2 heterocycles. The molecule has 0 spiro atoms. The molecule has 1 unspecified atom stereocenters. The van der Waals surface area contributed by atoms with Crippen molar-refractivity contribution in [1.82, 2.24) is 19.6 Å². The van der Waals surface area contributed by atoms with Crippen molar-refractivity contribution < 1.29 is 14.4 Å². The number of imide groups is 1. The number of para-hydroxylation sites is 1. The number of carbonyl (C=O) groups is 3. The van der Waals surface area contributed by atoms with Crippen LogP contribution in [0.2, 0.25) is 0 Å². The minimum atomic E-state index is -1.08. The topological polar surface area (TPSA) is 105 Å². The van der Waals surface area contributed by atoms with Gasteiger partial charge in [-0.2, -0.15) is 0 Å². The number of nitrogens with zero attached hydrogens (tertiary/aromatic N) is 3. The van der Waals surface area contributed by atoms with Crippen LogP contribution in [0.3, 0.4) is 0 Å². The summed E-state index contributed by atoms with van der Waals surface area (Å²) in [5, 5.41) is 5.02. The van der Waals surface area contributed by atoms with E-state index in [1.54, 1.807) is 30.8 Å². The fourth-order valence-corrected chi connectivity index (χ4v) is 2.86. The van der Waals surface area contributed by atoms with Crippen molar-refractivity contribution in [2.45, 2.75) is 6.92 Å². The van der Waals surface area contributed by atoms with E-state index in [1.165, 1.54) is 11.7 Å². The summed E-state index contributed by atoms with van der Waals surface area (Å²) in [6, 6.07) is 8.46. The fourth-order valence-electron chi connectivity index (χ4n) is 2.86. The molecule has 0 radical (unpaired) electrons. The van der Waals surface area contributed by atoms with Gasteiger partial charge in [0, 0.05) is 20.6 Å². The molecule has 2 N–H and O–H groups in total. The molecular weight excluding hydrogens is 338 g/mol. The fraction of sp³-hybridized carbons (Fsp3) is 0.294. The van der Waals surface area contributed by atoms with Gasteiger partial charge in [0.1, 0.15) is 11.6 Å². The quantitative estimate of drug-likeness (QED) is 0.767. The normalized spacial score (nSPS) is 17.2. The Balaban J connectivity index is 1.92. The van der Waals surface area contributed by atoms with Crippen molar-refractivity contribution in [3.63, 3.8) is 0 Å². The van der Waals surface area contributed by atoms with Crippen LogP contribution in [0.15, 0.2) is 35.1 Å². The Kier molecular flexibility index (Phi) is 4.37. The molecule has 1 atom stereocenters. The van der Waals surface area contributed by atoms with E-state index in [2.05, 4.69) is 10.6 Å². The summed E-state index contributed by atoms with van der Waals surface area (Å²) in [5.74, 6) is -2.32. The van der Waals surface area contributed by atoms with Crippen molar-refractivity contribution >= 4 is 23.5 Å². The Morgan fingerprint density at radius 3 is 2.46 bits per heavy atom.